The number of rotatable bonds is 3. The number of aromatic hydroxyl groups is 1. The van der Waals surface area contributed by atoms with Gasteiger partial charge in [-0.3, -0.25) is 4.79 Å². The Hall–Kier alpha value is -3.54. The van der Waals surface area contributed by atoms with E-state index in [1.807, 2.05) is 25.1 Å². The minimum Gasteiger partial charge on any atom is -0.504 e. The maximum atomic E-state index is 13.5. The van der Waals surface area contributed by atoms with Gasteiger partial charge in [-0.2, -0.15) is 0 Å². The van der Waals surface area contributed by atoms with Crippen LogP contribution in [0.5, 0.6) is 11.5 Å². The van der Waals surface area contributed by atoms with Gasteiger partial charge in [0.05, 0.1) is 18.4 Å². The van der Waals surface area contributed by atoms with Crippen molar-refractivity contribution >= 4 is 11.7 Å². The van der Waals surface area contributed by atoms with Crippen LogP contribution in [-0.2, 0) is 4.79 Å². The third-order valence-corrected chi connectivity index (χ3v) is 6.31. The molecular weight excluding hydrogens is 392 g/mol. The molecule has 6 heteroatoms. The lowest BCUT2D eigenvalue weighted by Crippen LogP contribution is -2.29. The van der Waals surface area contributed by atoms with E-state index in [2.05, 4.69) is 35.6 Å². The van der Waals surface area contributed by atoms with Crippen molar-refractivity contribution in [2.24, 2.45) is 0 Å². The van der Waals surface area contributed by atoms with Crippen LogP contribution in [0.2, 0.25) is 0 Å². The molecule has 2 heterocycles. The van der Waals surface area contributed by atoms with E-state index in [1.165, 1.54) is 7.11 Å². The van der Waals surface area contributed by atoms with E-state index in [0.29, 0.717) is 24.5 Å². The van der Waals surface area contributed by atoms with Gasteiger partial charge < -0.3 is 19.7 Å². The summed E-state index contributed by atoms with van der Waals surface area (Å²) in [5.74, 6) is 1.01. The number of hydrogen-bond donors (Lipinski definition) is 2. The van der Waals surface area contributed by atoms with Crippen molar-refractivity contribution in [3.8, 4) is 11.5 Å². The third kappa shape index (κ3) is 3.19. The molecule has 2 atom stereocenters. The summed E-state index contributed by atoms with van der Waals surface area (Å²) in [6.45, 7) is 3.97. The minimum absolute atomic E-state index is 0.0167. The zero-order valence-electron chi connectivity index (χ0n) is 17.7. The number of carbonyl (C=O) groups is 1. The molecule has 0 spiro atoms. The summed E-state index contributed by atoms with van der Waals surface area (Å²) in [6, 6.07) is 13.5. The molecule has 2 N–H and O–H groups in total. The lowest BCUT2D eigenvalue weighted by Gasteiger charge is -2.34. The van der Waals surface area contributed by atoms with Gasteiger partial charge in [0.25, 0.3) is 0 Å². The Labute approximate surface area is 180 Å². The maximum absolute atomic E-state index is 13.5. The van der Waals surface area contributed by atoms with Crippen molar-refractivity contribution in [1.82, 2.24) is 5.16 Å². The Morgan fingerprint density at radius 1 is 1.13 bits per heavy atom. The first-order valence-electron chi connectivity index (χ1n) is 10.4. The molecule has 3 aromatic rings. The predicted octanol–water partition coefficient (Wildman–Crippen LogP) is 4.96. The number of aryl methyl sites for hydroxylation is 2. The van der Waals surface area contributed by atoms with E-state index < -0.39 is 0 Å². The highest BCUT2D eigenvalue weighted by Gasteiger charge is 2.41. The van der Waals surface area contributed by atoms with Crippen LogP contribution in [0.1, 0.15) is 52.6 Å². The number of methoxy groups -OCH3 is 1. The van der Waals surface area contributed by atoms with Gasteiger partial charge in [-0.15, -0.1) is 0 Å². The monoisotopic (exact) mass is 416 g/mol. The summed E-state index contributed by atoms with van der Waals surface area (Å²) in [5, 5.41) is 17.5. The molecule has 1 aliphatic carbocycles. The summed E-state index contributed by atoms with van der Waals surface area (Å²) in [6.07, 6.45) is 1.06. The lowest BCUT2D eigenvalue weighted by atomic mass is 9.72. The third-order valence-electron chi connectivity index (χ3n) is 6.31. The predicted molar refractivity (Wildman–Crippen MR) is 117 cm³/mol. The highest BCUT2D eigenvalue weighted by Crippen LogP contribution is 2.49. The average Bonchev–Trinajstić information content (AvgIpc) is 3.12. The number of phenolic OH excluding ortho intramolecular Hbond substituents is 1. The topological polar surface area (TPSA) is 84.6 Å². The normalized spacial score (nSPS) is 20.2. The van der Waals surface area contributed by atoms with Crippen LogP contribution >= 0.6 is 0 Å². The molecule has 0 fully saturated rings. The van der Waals surface area contributed by atoms with Crippen LogP contribution in [0.4, 0.5) is 5.88 Å². The number of allylic oxidation sites excluding steroid dienone is 2. The van der Waals surface area contributed by atoms with E-state index in [1.54, 1.807) is 6.07 Å². The number of carbonyl (C=O) groups excluding carboxylic acids is 1. The quantitative estimate of drug-likeness (QED) is 0.628. The molecule has 5 rings (SSSR count). The molecular formula is C25H24N2O4. The molecule has 0 saturated heterocycles. The second-order valence-corrected chi connectivity index (χ2v) is 8.33. The smallest absolute Gasteiger partial charge is 0.233 e. The van der Waals surface area contributed by atoms with E-state index in [4.69, 9.17) is 9.26 Å². The fourth-order valence-electron chi connectivity index (χ4n) is 4.84. The number of phenols is 1. The Balaban J connectivity index is 1.60. The van der Waals surface area contributed by atoms with Gasteiger partial charge in [-0.1, -0.05) is 41.1 Å². The van der Waals surface area contributed by atoms with Crippen molar-refractivity contribution < 1.29 is 19.2 Å². The van der Waals surface area contributed by atoms with Crippen LogP contribution in [0, 0.1) is 13.8 Å². The average molecular weight is 416 g/mol. The fourth-order valence-corrected chi connectivity index (χ4v) is 4.84. The highest BCUT2D eigenvalue weighted by molar-refractivity contribution is 6.01. The Bertz CT molecular complexity index is 1220. The summed E-state index contributed by atoms with van der Waals surface area (Å²) < 4.78 is 10.8. The minimum atomic E-state index is -0.194. The van der Waals surface area contributed by atoms with E-state index in [-0.39, 0.29) is 23.4 Å². The van der Waals surface area contributed by atoms with Crippen LogP contribution in [0.15, 0.2) is 58.3 Å². The van der Waals surface area contributed by atoms with Gasteiger partial charge in [0.2, 0.25) is 5.88 Å². The Morgan fingerprint density at radius 2 is 1.97 bits per heavy atom. The fraction of sp³-hybridized carbons (Fsp3) is 0.280. The second-order valence-electron chi connectivity index (χ2n) is 8.33. The number of Topliss-reactive ketones (excluding diaryl/α,β-unsaturated/α-hetero) is 1. The molecule has 2 aromatic carbocycles. The van der Waals surface area contributed by atoms with E-state index >= 15 is 0 Å². The molecule has 31 heavy (non-hydrogen) atoms. The number of nitrogens with zero attached hydrogens (tertiary/aromatic N) is 1. The maximum Gasteiger partial charge on any atom is 0.233 e. The molecule has 2 aliphatic rings. The van der Waals surface area contributed by atoms with Gasteiger partial charge in [0.15, 0.2) is 17.3 Å². The van der Waals surface area contributed by atoms with Gasteiger partial charge in [0.1, 0.15) is 0 Å². The number of hydrogen-bond acceptors (Lipinski definition) is 6. The largest absolute Gasteiger partial charge is 0.504 e. The lowest BCUT2D eigenvalue weighted by molar-refractivity contribution is -0.116. The SMILES string of the molecule is COc1cc(C2CC(=O)C3=C(C2)Nc2onc(C)c2C3c2cccc(C)c2)ccc1O. The van der Waals surface area contributed by atoms with Gasteiger partial charge in [0, 0.05) is 23.6 Å². The number of benzene rings is 2. The van der Waals surface area contributed by atoms with Crippen molar-refractivity contribution in [3.63, 3.8) is 0 Å². The van der Waals surface area contributed by atoms with Crippen molar-refractivity contribution in [2.45, 2.75) is 38.5 Å². The first-order chi connectivity index (χ1) is 15.0. The highest BCUT2D eigenvalue weighted by atomic mass is 16.5. The second kappa shape index (κ2) is 7.30. The van der Waals surface area contributed by atoms with Gasteiger partial charge in [-0.05, 0) is 49.4 Å². The van der Waals surface area contributed by atoms with Crippen molar-refractivity contribution in [2.75, 3.05) is 12.4 Å². The van der Waals surface area contributed by atoms with Crippen LogP contribution < -0.4 is 10.1 Å². The zero-order valence-corrected chi connectivity index (χ0v) is 17.7. The molecule has 6 nitrogen and oxygen atoms in total. The molecule has 2 unspecified atom stereocenters. The molecule has 0 bridgehead atoms. The number of ketones is 1. The number of ether oxygens (including phenoxy) is 1. The summed E-state index contributed by atoms with van der Waals surface area (Å²) in [7, 11) is 1.52. The first kappa shape index (κ1) is 19.4. The summed E-state index contributed by atoms with van der Waals surface area (Å²) >= 11 is 0. The van der Waals surface area contributed by atoms with E-state index in [9.17, 15) is 9.90 Å². The number of aromatic nitrogens is 1. The van der Waals surface area contributed by atoms with Gasteiger partial charge >= 0.3 is 0 Å². The first-order valence-corrected chi connectivity index (χ1v) is 10.4. The van der Waals surface area contributed by atoms with Crippen molar-refractivity contribution in [1.29, 1.82) is 0 Å². The van der Waals surface area contributed by atoms with Crippen LogP contribution in [-0.4, -0.2) is 23.2 Å². The standard InChI is InChI=1S/C25H24N2O4/c1-13-5-4-6-16(9-13)23-22-14(2)27-31-25(22)26-18-10-17(11-20(29)24(18)23)15-7-8-19(28)21(12-15)30-3/h4-9,12,17,23,26,28H,10-11H2,1-3H3. The number of anilines is 1. The molecule has 0 amide bonds. The molecule has 158 valence electrons. The molecule has 1 aromatic heterocycles. The van der Waals surface area contributed by atoms with Crippen LogP contribution in [0.25, 0.3) is 0 Å². The zero-order chi connectivity index (χ0) is 21.7. The Kier molecular flexibility index (Phi) is 4.58. The molecule has 1 aliphatic heterocycles. The summed E-state index contributed by atoms with van der Waals surface area (Å²) in [5.41, 5.74) is 6.57. The molecule has 0 saturated carbocycles. The number of fused-ring (bicyclic) bond motifs is 1. The summed E-state index contributed by atoms with van der Waals surface area (Å²) in [4.78, 5) is 13.5. The number of nitrogens with one attached hydrogen (secondary N) is 1. The van der Waals surface area contributed by atoms with E-state index in [0.717, 1.165) is 39.2 Å². The van der Waals surface area contributed by atoms with Crippen molar-refractivity contribution in [3.05, 3.63) is 81.7 Å². The van der Waals surface area contributed by atoms with Crippen LogP contribution in [0.3, 0.4) is 0 Å². The van der Waals surface area contributed by atoms with Gasteiger partial charge in [-0.25, -0.2) is 0 Å². The Morgan fingerprint density at radius 3 is 2.74 bits per heavy atom. The molecule has 0 radical (unpaired) electrons.